The van der Waals surface area contributed by atoms with E-state index in [1.54, 1.807) is 0 Å². The average Bonchev–Trinajstić information content (AvgIpc) is 2.67. The Bertz CT molecular complexity index is 319. The van der Waals surface area contributed by atoms with Crippen molar-refractivity contribution in [1.29, 1.82) is 0 Å². The molecule has 0 N–H and O–H groups in total. The third-order valence-electron chi connectivity index (χ3n) is 2.44. The molecule has 2 rings (SSSR count). The second kappa shape index (κ2) is 3.89. The number of alkyl halides is 1. The second-order valence-electron chi connectivity index (χ2n) is 3.48. The van der Waals surface area contributed by atoms with E-state index in [9.17, 15) is 0 Å². The van der Waals surface area contributed by atoms with Crippen LogP contribution in [0.25, 0.3) is 0 Å². The Labute approximate surface area is 88.8 Å². The fourth-order valence-corrected chi connectivity index (χ4v) is 1.78. The fourth-order valence-electron chi connectivity index (χ4n) is 1.62. The summed E-state index contributed by atoms with van der Waals surface area (Å²) in [6.07, 6.45) is 0. The summed E-state index contributed by atoms with van der Waals surface area (Å²) >= 11 is 5.77. The third-order valence-corrected chi connectivity index (χ3v) is 2.75. The normalized spacial score (nSPS) is 19.9. The molecule has 0 unspecified atom stereocenters. The first-order chi connectivity index (χ1) is 6.74. The maximum atomic E-state index is 5.77. The van der Waals surface area contributed by atoms with E-state index in [0.717, 1.165) is 11.1 Å². The van der Waals surface area contributed by atoms with E-state index in [1.807, 2.05) is 31.2 Å². The Hall–Kier alpha value is -0.570. The monoisotopic (exact) mass is 212 g/mol. The Morgan fingerprint density at radius 1 is 1.36 bits per heavy atom. The summed E-state index contributed by atoms with van der Waals surface area (Å²) in [4.78, 5) is 0. The van der Waals surface area contributed by atoms with E-state index < -0.39 is 5.79 Å². The molecule has 1 fully saturated rings. The average molecular weight is 213 g/mol. The molecule has 0 aliphatic carbocycles. The van der Waals surface area contributed by atoms with Crippen molar-refractivity contribution in [2.75, 3.05) is 13.2 Å². The van der Waals surface area contributed by atoms with Crippen LogP contribution in [0.2, 0.25) is 0 Å². The molecule has 0 amide bonds. The summed E-state index contributed by atoms with van der Waals surface area (Å²) < 4.78 is 11.1. The van der Waals surface area contributed by atoms with Crippen molar-refractivity contribution in [1.82, 2.24) is 0 Å². The van der Waals surface area contributed by atoms with Gasteiger partial charge in [0.15, 0.2) is 5.79 Å². The number of rotatable bonds is 2. The van der Waals surface area contributed by atoms with Gasteiger partial charge in [-0.25, -0.2) is 0 Å². The van der Waals surface area contributed by atoms with Gasteiger partial charge in [-0.3, -0.25) is 0 Å². The lowest BCUT2D eigenvalue weighted by Gasteiger charge is -2.23. The molecule has 0 bridgehead atoms. The predicted octanol–water partition coefficient (Wildman–Crippen LogP) is 2.64. The van der Waals surface area contributed by atoms with Crippen molar-refractivity contribution in [2.45, 2.75) is 18.6 Å². The minimum atomic E-state index is -0.581. The zero-order valence-electron chi connectivity index (χ0n) is 8.13. The Morgan fingerprint density at radius 3 is 2.71 bits per heavy atom. The highest BCUT2D eigenvalue weighted by Gasteiger charge is 2.32. The van der Waals surface area contributed by atoms with E-state index in [1.165, 1.54) is 0 Å². The number of ether oxygens (including phenoxy) is 2. The highest BCUT2D eigenvalue weighted by molar-refractivity contribution is 6.17. The lowest BCUT2D eigenvalue weighted by molar-refractivity contribution is -0.149. The van der Waals surface area contributed by atoms with Crippen molar-refractivity contribution in [2.24, 2.45) is 0 Å². The molecule has 0 radical (unpaired) electrons. The minimum Gasteiger partial charge on any atom is -0.344 e. The summed E-state index contributed by atoms with van der Waals surface area (Å²) in [5.41, 5.74) is 2.12. The number of halogens is 1. The van der Waals surface area contributed by atoms with Crippen LogP contribution < -0.4 is 0 Å². The Morgan fingerprint density at radius 2 is 2.07 bits per heavy atom. The van der Waals surface area contributed by atoms with Gasteiger partial charge in [0.1, 0.15) is 0 Å². The molecule has 76 valence electrons. The fraction of sp³-hybridized carbons (Fsp3) is 0.455. The van der Waals surface area contributed by atoms with Gasteiger partial charge in [-0.1, -0.05) is 18.2 Å². The zero-order valence-corrected chi connectivity index (χ0v) is 8.88. The molecule has 14 heavy (non-hydrogen) atoms. The van der Waals surface area contributed by atoms with Crippen molar-refractivity contribution in [3.8, 4) is 0 Å². The molecule has 3 heteroatoms. The molecular weight excluding hydrogens is 200 g/mol. The molecule has 1 saturated heterocycles. The first kappa shape index (κ1) is 9.97. The Kier molecular flexibility index (Phi) is 2.77. The lowest BCUT2D eigenvalue weighted by atomic mass is 10.1. The number of hydrogen-bond donors (Lipinski definition) is 0. The van der Waals surface area contributed by atoms with Gasteiger partial charge in [-0.15, -0.1) is 11.6 Å². The topological polar surface area (TPSA) is 18.5 Å². The smallest absolute Gasteiger partial charge is 0.192 e. The highest BCUT2D eigenvalue weighted by atomic mass is 35.5. The molecule has 0 saturated carbocycles. The van der Waals surface area contributed by atoms with Gasteiger partial charge in [-0.2, -0.15) is 0 Å². The van der Waals surface area contributed by atoms with Crippen LogP contribution >= 0.6 is 11.6 Å². The van der Waals surface area contributed by atoms with Gasteiger partial charge in [0.2, 0.25) is 0 Å². The van der Waals surface area contributed by atoms with Gasteiger partial charge in [-0.05, 0) is 18.6 Å². The maximum absolute atomic E-state index is 5.77. The van der Waals surface area contributed by atoms with E-state index in [4.69, 9.17) is 21.1 Å². The van der Waals surface area contributed by atoms with Crippen molar-refractivity contribution < 1.29 is 9.47 Å². The molecule has 2 nitrogen and oxygen atoms in total. The molecular formula is C11H13ClO2. The third kappa shape index (κ3) is 1.78. The van der Waals surface area contributed by atoms with Crippen LogP contribution in [0.5, 0.6) is 0 Å². The summed E-state index contributed by atoms with van der Waals surface area (Å²) in [5.74, 6) is -0.0635. The molecule has 1 aliphatic heterocycles. The van der Waals surface area contributed by atoms with Crippen molar-refractivity contribution in [3.63, 3.8) is 0 Å². The quantitative estimate of drug-likeness (QED) is 0.702. The first-order valence-electron chi connectivity index (χ1n) is 4.68. The first-order valence-corrected chi connectivity index (χ1v) is 5.21. The van der Waals surface area contributed by atoms with Crippen molar-refractivity contribution in [3.05, 3.63) is 35.4 Å². The van der Waals surface area contributed by atoms with Gasteiger partial charge in [0, 0.05) is 11.4 Å². The summed E-state index contributed by atoms with van der Waals surface area (Å²) in [5, 5.41) is 0. The molecule has 1 heterocycles. The predicted molar refractivity (Wildman–Crippen MR) is 55.3 cm³/mol. The minimum absolute atomic E-state index is 0.518. The van der Waals surface area contributed by atoms with Crippen LogP contribution in [0, 0.1) is 0 Å². The van der Waals surface area contributed by atoms with Crippen LogP contribution in [0.4, 0.5) is 0 Å². The highest BCUT2D eigenvalue weighted by Crippen LogP contribution is 2.31. The molecule has 1 aliphatic rings. The molecule has 1 aromatic rings. The molecule has 0 atom stereocenters. The van der Waals surface area contributed by atoms with Crippen LogP contribution in [0.3, 0.4) is 0 Å². The standard InChI is InChI=1S/C11H13ClO2/c1-11(13-5-6-14-11)10-4-2-3-9(7-10)8-12/h2-4,7H,5-6,8H2,1H3. The van der Waals surface area contributed by atoms with E-state index >= 15 is 0 Å². The lowest BCUT2D eigenvalue weighted by Crippen LogP contribution is -2.22. The number of benzene rings is 1. The van der Waals surface area contributed by atoms with Crippen LogP contribution in [0.15, 0.2) is 24.3 Å². The summed E-state index contributed by atoms with van der Waals surface area (Å²) in [6, 6.07) is 8.00. The Balaban J connectivity index is 2.30. The van der Waals surface area contributed by atoms with Crippen LogP contribution in [0.1, 0.15) is 18.1 Å². The zero-order chi connectivity index (χ0) is 10.0. The summed E-state index contributed by atoms with van der Waals surface area (Å²) in [7, 11) is 0. The second-order valence-corrected chi connectivity index (χ2v) is 3.74. The maximum Gasteiger partial charge on any atom is 0.192 e. The molecule has 0 aromatic heterocycles. The SMILES string of the molecule is CC1(c2cccc(CCl)c2)OCCO1. The van der Waals surface area contributed by atoms with E-state index in [0.29, 0.717) is 19.1 Å². The van der Waals surface area contributed by atoms with Gasteiger partial charge in [0.25, 0.3) is 0 Å². The summed E-state index contributed by atoms with van der Waals surface area (Å²) in [6.45, 7) is 3.25. The number of hydrogen-bond acceptors (Lipinski definition) is 2. The van der Waals surface area contributed by atoms with Gasteiger partial charge in [0.05, 0.1) is 13.2 Å². The van der Waals surface area contributed by atoms with E-state index in [2.05, 4.69) is 0 Å². The van der Waals surface area contributed by atoms with Gasteiger partial charge < -0.3 is 9.47 Å². The molecule has 0 spiro atoms. The van der Waals surface area contributed by atoms with Crippen LogP contribution in [-0.2, 0) is 21.1 Å². The van der Waals surface area contributed by atoms with E-state index in [-0.39, 0.29) is 0 Å². The largest absolute Gasteiger partial charge is 0.344 e. The van der Waals surface area contributed by atoms with Crippen molar-refractivity contribution >= 4 is 11.6 Å². The molecule has 1 aromatic carbocycles. The van der Waals surface area contributed by atoms with Crippen LogP contribution in [-0.4, -0.2) is 13.2 Å². The van der Waals surface area contributed by atoms with Gasteiger partial charge >= 0.3 is 0 Å².